The first-order valence-electron chi connectivity index (χ1n) is 7.18. The van der Waals surface area contributed by atoms with Crippen molar-refractivity contribution in [2.75, 3.05) is 6.54 Å². The normalized spacial score (nSPS) is 21.4. The van der Waals surface area contributed by atoms with E-state index in [1.54, 1.807) is 11.8 Å². The van der Waals surface area contributed by atoms with Crippen molar-refractivity contribution in [2.45, 2.75) is 51.2 Å². The molecule has 20 heavy (non-hydrogen) atoms. The Morgan fingerprint density at radius 3 is 3.05 bits per heavy atom. The Morgan fingerprint density at radius 2 is 2.35 bits per heavy atom. The third-order valence-corrected chi connectivity index (χ3v) is 3.75. The Morgan fingerprint density at radius 1 is 1.55 bits per heavy atom. The Hall–Kier alpha value is -1.49. The zero-order valence-corrected chi connectivity index (χ0v) is 11.8. The fourth-order valence-corrected chi connectivity index (χ4v) is 2.79. The van der Waals surface area contributed by atoms with Gasteiger partial charge in [0, 0.05) is 18.8 Å². The number of aliphatic hydroxyl groups excluding tert-OH is 1. The van der Waals surface area contributed by atoms with Gasteiger partial charge in [-0.05, 0) is 32.3 Å². The van der Waals surface area contributed by atoms with Crippen LogP contribution in [-0.2, 0) is 0 Å². The predicted molar refractivity (Wildman–Crippen MR) is 73.8 cm³/mol. The van der Waals surface area contributed by atoms with Crippen molar-refractivity contribution >= 4 is 5.91 Å². The van der Waals surface area contributed by atoms with Crippen LogP contribution >= 0.6 is 0 Å². The number of hydrogen-bond donors (Lipinski definition) is 1. The van der Waals surface area contributed by atoms with E-state index < -0.39 is 11.9 Å². The van der Waals surface area contributed by atoms with Gasteiger partial charge in [-0.15, -0.1) is 0 Å². The molecule has 1 N–H and O–H groups in total. The molecule has 1 saturated heterocycles. The number of nitrogens with zero attached hydrogens (tertiary/aromatic N) is 2. The molecule has 2 atom stereocenters. The van der Waals surface area contributed by atoms with Crippen molar-refractivity contribution in [3.63, 3.8) is 0 Å². The second kappa shape index (κ2) is 6.79. The topological polar surface area (TPSA) is 53.4 Å². The molecule has 1 aliphatic rings. The summed E-state index contributed by atoms with van der Waals surface area (Å²) in [5.74, 6) is -0.880. The van der Waals surface area contributed by atoms with Crippen molar-refractivity contribution in [3.05, 3.63) is 29.8 Å². The van der Waals surface area contributed by atoms with Gasteiger partial charge in [-0.1, -0.05) is 12.8 Å². The summed E-state index contributed by atoms with van der Waals surface area (Å²) < 4.78 is 13.7. The van der Waals surface area contributed by atoms with Crippen LogP contribution in [0.3, 0.4) is 0 Å². The maximum absolute atomic E-state index is 13.7. The molecule has 2 unspecified atom stereocenters. The summed E-state index contributed by atoms with van der Waals surface area (Å²) in [6.07, 6.45) is 6.47. The van der Waals surface area contributed by atoms with Crippen LogP contribution in [0.4, 0.5) is 4.39 Å². The van der Waals surface area contributed by atoms with E-state index in [2.05, 4.69) is 4.98 Å². The van der Waals surface area contributed by atoms with Crippen LogP contribution in [-0.4, -0.2) is 39.6 Å². The molecule has 1 aliphatic heterocycles. The van der Waals surface area contributed by atoms with Crippen molar-refractivity contribution < 1.29 is 14.3 Å². The SMILES string of the molecule is CC(O)CC1CCCCCN1C(=O)c1ccncc1F. The molecule has 2 rings (SSSR count). The van der Waals surface area contributed by atoms with E-state index in [4.69, 9.17) is 0 Å². The highest BCUT2D eigenvalue weighted by Crippen LogP contribution is 2.23. The van der Waals surface area contributed by atoms with Gasteiger partial charge in [-0.25, -0.2) is 4.39 Å². The summed E-state index contributed by atoms with van der Waals surface area (Å²) in [7, 11) is 0. The molecule has 110 valence electrons. The van der Waals surface area contributed by atoms with E-state index in [9.17, 15) is 14.3 Å². The van der Waals surface area contributed by atoms with Crippen LogP contribution in [0.2, 0.25) is 0 Å². The van der Waals surface area contributed by atoms with Gasteiger partial charge >= 0.3 is 0 Å². The Kier molecular flexibility index (Phi) is 5.06. The monoisotopic (exact) mass is 280 g/mol. The van der Waals surface area contributed by atoms with Crippen LogP contribution in [0.5, 0.6) is 0 Å². The van der Waals surface area contributed by atoms with E-state index in [0.717, 1.165) is 31.9 Å². The van der Waals surface area contributed by atoms with Crippen molar-refractivity contribution in [3.8, 4) is 0 Å². The number of aliphatic hydroxyl groups is 1. The van der Waals surface area contributed by atoms with E-state index in [0.29, 0.717) is 13.0 Å². The Balaban J connectivity index is 2.21. The van der Waals surface area contributed by atoms with Crippen LogP contribution in [0, 0.1) is 5.82 Å². The molecule has 0 bridgehead atoms. The van der Waals surface area contributed by atoms with Gasteiger partial charge in [0.1, 0.15) is 0 Å². The minimum Gasteiger partial charge on any atom is -0.393 e. The second-order valence-electron chi connectivity index (χ2n) is 5.44. The van der Waals surface area contributed by atoms with Gasteiger partial charge in [0.25, 0.3) is 5.91 Å². The van der Waals surface area contributed by atoms with Crippen LogP contribution in [0.25, 0.3) is 0 Å². The molecular formula is C15H21FN2O2. The van der Waals surface area contributed by atoms with Crippen LogP contribution in [0.15, 0.2) is 18.5 Å². The minimum absolute atomic E-state index is 0.0161. The molecule has 1 aromatic rings. The zero-order chi connectivity index (χ0) is 14.5. The number of halogens is 1. The molecule has 4 nitrogen and oxygen atoms in total. The largest absolute Gasteiger partial charge is 0.393 e. The second-order valence-corrected chi connectivity index (χ2v) is 5.44. The maximum Gasteiger partial charge on any atom is 0.257 e. The number of rotatable bonds is 3. The molecule has 1 fully saturated rings. The molecule has 1 amide bonds. The van der Waals surface area contributed by atoms with E-state index >= 15 is 0 Å². The molecule has 0 spiro atoms. The average molecular weight is 280 g/mol. The van der Waals surface area contributed by atoms with Gasteiger partial charge < -0.3 is 10.0 Å². The molecule has 0 radical (unpaired) electrons. The third kappa shape index (κ3) is 3.54. The lowest BCUT2D eigenvalue weighted by Crippen LogP contribution is -2.41. The van der Waals surface area contributed by atoms with Crippen molar-refractivity contribution in [1.29, 1.82) is 0 Å². The lowest BCUT2D eigenvalue weighted by Gasteiger charge is -2.31. The first-order valence-corrected chi connectivity index (χ1v) is 7.18. The minimum atomic E-state index is -0.586. The number of carbonyl (C=O) groups excluding carboxylic acids is 1. The first-order chi connectivity index (χ1) is 9.59. The first kappa shape index (κ1) is 14.9. The summed E-state index contributed by atoms with van der Waals surface area (Å²) in [5, 5.41) is 9.60. The predicted octanol–water partition coefficient (Wildman–Crippen LogP) is 2.38. The van der Waals surface area contributed by atoms with Crippen molar-refractivity contribution in [2.24, 2.45) is 0 Å². The van der Waals surface area contributed by atoms with Crippen LogP contribution in [0.1, 0.15) is 49.4 Å². The highest BCUT2D eigenvalue weighted by atomic mass is 19.1. The van der Waals surface area contributed by atoms with Gasteiger partial charge in [-0.2, -0.15) is 0 Å². The van der Waals surface area contributed by atoms with E-state index in [1.807, 2.05) is 0 Å². The number of likely N-dealkylation sites (tertiary alicyclic amines) is 1. The van der Waals surface area contributed by atoms with Crippen LogP contribution < -0.4 is 0 Å². The molecule has 1 aromatic heterocycles. The molecule has 0 saturated carbocycles. The smallest absolute Gasteiger partial charge is 0.257 e. The standard InChI is InChI=1S/C15H21FN2O2/c1-11(19)9-12-5-3-2-4-8-18(12)15(20)13-6-7-17-10-14(13)16/h6-7,10-12,19H,2-5,8-9H2,1H3. The maximum atomic E-state index is 13.7. The number of carbonyl (C=O) groups is 1. The molecule has 0 aromatic carbocycles. The fourth-order valence-electron chi connectivity index (χ4n) is 2.79. The molecule has 0 aliphatic carbocycles. The van der Waals surface area contributed by atoms with Gasteiger partial charge in [0.2, 0.25) is 0 Å². The summed E-state index contributed by atoms with van der Waals surface area (Å²) in [4.78, 5) is 17.9. The van der Waals surface area contributed by atoms with Gasteiger partial charge in [-0.3, -0.25) is 9.78 Å². The number of aromatic nitrogens is 1. The zero-order valence-electron chi connectivity index (χ0n) is 11.8. The fraction of sp³-hybridized carbons (Fsp3) is 0.600. The molecular weight excluding hydrogens is 259 g/mol. The van der Waals surface area contributed by atoms with Crippen molar-refractivity contribution in [1.82, 2.24) is 9.88 Å². The third-order valence-electron chi connectivity index (χ3n) is 3.75. The highest BCUT2D eigenvalue weighted by Gasteiger charge is 2.28. The number of amides is 1. The summed E-state index contributed by atoms with van der Waals surface area (Å²) >= 11 is 0. The molecule has 5 heteroatoms. The highest BCUT2D eigenvalue weighted by molar-refractivity contribution is 5.94. The van der Waals surface area contributed by atoms with Gasteiger partial charge in [0.15, 0.2) is 5.82 Å². The van der Waals surface area contributed by atoms with E-state index in [1.165, 1.54) is 12.3 Å². The Labute approximate surface area is 118 Å². The van der Waals surface area contributed by atoms with Gasteiger partial charge in [0.05, 0.1) is 17.9 Å². The number of pyridine rings is 1. The van der Waals surface area contributed by atoms with E-state index in [-0.39, 0.29) is 17.5 Å². The summed E-state index contributed by atoms with van der Waals surface area (Å²) in [6.45, 7) is 2.35. The summed E-state index contributed by atoms with van der Waals surface area (Å²) in [5.41, 5.74) is 0.0671. The Bertz CT molecular complexity index is 465. The lowest BCUT2D eigenvalue weighted by molar-refractivity contribution is 0.0602. The number of hydrogen-bond acceptors (Lipinski definition) is 3. The quantitative estimate of drug-likeness (QED) is 0.925. The lowest BCUT2D eigenvalue weighted by atomic mass is 10.0. The summed E-state index contributed by atoms with van der Waals surface area (Å²) in [6, 6.07) is 1.40. The average Bonchev–Trinajstić information content (AvgIpc) is 2.63. The molecule has 2 heterocycles.